The number of benzene rings is 2. The molecule has 138 valence electrons. The first-order chi connectivity index (χ1) is 12.4. The lowest BCUT2D eigenvalue weighted by atomic mass is 10.1. The Bertz CT molecular complexity index is 801. The number of carbonyl (C=O) groups is 2. The van der Waals surface area contributed by atoms with Crippen LogP contribution in [0.2, 0.25) is 0 Å². The van der Waals surface area contributed by atoms with Gasteiger partial charge in [-0.3, -0.25) is 4.79 Å². The van der Waals surface area contributed by atoms with Gasteiger partial charge in [-0.05, 0) is 50.6 Å². The first kappa shape index (κ1) is 19.3. The Morgan fingerprint density at radius 3 is 2.46 bits per heavy atom. The van der Waals surface area contributed by atoms with Crippen molar-refractivity contribution in [1.29, 1.82) is 0 Å². The van der Waals surface area contributed by atoms with Crippen molar-refractivity contribution in [2.75, 3.05) is 25.6 Å². The van der Waals surface area contributed by atoms with Crippen LogP contribution in [0.1, 0.15) is 28.4 Å². The summed E-state index contributed by atoms with van der Waals surface area (Å²) in [5.41, 5.74) is 3.03. The lowest BCUT2D eigenvalue weighted by Gasteiger charge is -2.11. The van der Waals surface area contributed by atoms with Gasteiger partial charge >= 0.3 is 5.97 Å². The summed E-state index contributed by atoms with van der Waals surface area (Å²) in [6.07, 6.45) is 0. The second kappa shape index (κ2) is 8.89. The lowest BCUT2D eigenvalue weighted by molar-refractivity contribution is -0.119. The Morgan fingerprint density at radius 1 is 1.04 bits per heavy atom. The van der Waals surface area contributed by atoms with Crippen LogP contribution in [0.25, 0.3) is 0 Å². The quantitative estimate of drug-likeness (QED) is 0.768. The second-order valence-electron chi connectivity index (χ2n) is 5.74. The second-order valence-corrected chi connectivity index (χ2v) is 5.74. The predicted octanol–water partition coefficient (Wildman–Crippen LogP) is 3.51. The third-order valence-electron chi connectivity index (χ3n) is 3.69. The third-order valence-corrected chi connectivity index (χ3v) is 3.69. The van der Waals surface area contributed by atoms with Gasteiger partial charge in [-0.15, -0.1) is 0 Å². The van der Waals surface area contributed by atoms with Crippen molar-refractivity contribution in [3.8, 4) is 11.5 Å². The fourth-order valence-corrected chi connectivity index (χ4v) is 2.42. The molecule has 0 aliphatic heterocycles. The lowest BCUT2D eigenvalue weighted by Crippen LogP contribution is -2.21. The smallest absolute Gasteiger partial charge is 0.338 e. The summed E-state index contributed by atoms with van der Waals surface area (Å²) in [7, 11) is 1.49. The number of hydrogen-bond acceptors (Lipinski definition) is 5. The summed E-state index contributed by atoms with van der Waals surface area (Å²) in [6.45, 7) is 5.85. The number of aryl methyl sites for hydroxylation is 2. The largest absolute Gasteiger partial charge is 0.493 e. The summed E-state index contributed by atoms with van der Waals surface area (Å²) in [6, 6.07) is 10.4. The molecule has 0 spiro atoms. The number of ether oxygens (including phenoxy) is 3. The molecule has 0 aliphatic rings. The fourth-order valence-electron chi connectivity index (χ4n) is 2.42. The number of carbonyl (C=O) groups excluding carboxylic acids is 2. The normalized spacial score (nSPS) is 10.2. The number of amides is 1. The molecular weight excluding hydrogens is 334 g/mol. The number of anilines is 1. The average Bonchev–Trinajstić information content (AvgIpc) is 2.62. The summed E-state index contributed by atoms with van der Waals surface area (Å²) in [4.78, 5) is 24.2. The summed E-state index contributed by atoms with van der Waals surface area (Å²) < 4.78 is 15.7. The molecular formula is C20H23NO5. The van der Waals surface area contributed by atoms with E-state index in [1.807, 2.05) is 39.0 Å². The maximum Gasteiger partial charge on any atom is 0.338 e. The molecule has 1 amide bonds. The highest BCUT2D eigenvalue weighted by Gasteiger charge is 2.14. The minimum absolute atomic E-state index is 0.282. The van der Waals surface area contributed by atoms with Gasteiger partial charge in [0.25, 0.3) is 5.91 Å². The molecule has 0 heterocycles. The number of rotatable bonds is 7. The number of hydrogen-bond donors (Lipinski definition) is 1. The SMILES string of the molecule is CCOc1ccc(C(=O)OCC(=O)Nc2ccc(C)cc2C)cc1OC. The van der Waals surface area contributed by atoms with Crippen molar-refractivity contribution in [3.63, 3.8) is 0 Å². The van der Waals surface area contributed by atoms with Gasteiger partial charge in [0, 0.05) is 5.69 Å². The van der Waals surface area contributed by atoms with Crippen molar-refractivity contribution in [2.45, 2.75) is 20.8 Å². The van der Waals surface area contributed by atoms with E-state index in [2.05, 4.69) is 5.32 Å². The van der Waals surface area contributed by atoms with E-state index in [-0.39, 0.29) is 12.2 Å². The van der Waals surface area contributed by atoms with Gasteiger partial charge in [0.15, 0.2) is 18.1 Å². The zero-order valence-corrected chi connectivity index (χ0v) is 15.4. The maximum absolute atomic E-state index is 12.2. The van der Waals surface area contributed by atoms with Crippen LogP contribution in [0.3, 0.4) is 0 Å². The van der Waals surface area contributed by atoms with E-state index >= 15 is 0 Å². The Labute approximate surface area is 153 Å². The molecule has 2 rings (SSSR count). The van der Waals surface area contributed by atoms with Gasteiger partial charge in [0.05, 0.1) is 19.3 Å². The molecule has 0 fully saturated rings. The van der Waals surface area contributed by atoms with E-state index in [1.54, 1.807) is 12.1 Å². The standard InChI is InChI=1S/C20H23NO5/c1-5-25-17-9-7-15(11-18(17)24-4)20(23)26-12-19(22)21-16-8-6-13(2)10-14(16)3/h6-11H,5,12H2,1-4H3,(H,21,22). The number of nitrogens with one attached hydrogen (secondary N) is 1. The summed E-state index contributed by atoms with van der Waals surface area (Å²) >= 11 is 0. The fraction of sp³-hybridized carbons (Fsp3) is 0.300. The van der Waals surface area contributed by atoms with Gasteiger partial charge in [-0.2, -0.15) is 0 Å². The van der Waals surface area contributed by atoms with Gasteiger partial charge < -0.3 is 19.5 Å². The highest BCUT2D eigenvalue weighted by atomic mass is 16.5. The van der Waals surface area contributed by atoms with Gasteiger partial charge in [-0.1, -0.05) is 17.7 Å². The molecule has 0 atom stereocenters. The first-order valence-electron chi connectivity index (χ1n) is 8.29. The van der Waals surface area contributed by atoms with Crippen molar-refractivity contribution in [3.05, 3.63) is 53.1 Å². The predicted molar refractivity (Wildman–Crippen MR) is 99.0 cm³/mol. The first-order valence-corrected chi connectivity index (χ1v) is 8.29. The van der Waals surface area contributed by atoms with Gasteiger partial charge in [0.2, 0.25) is 0 Å². The Balaban J connectivity index is 1.96. The van der Waals surface area contributed by atoms with Crippen molar-refractivity contribution >= 4 is 17.6 Å². The van der Waals surface area contributed by atoms with Crippen LogP contribution in [0.5, 0.6) is 11.5 Å². The molecule has 6 heteroatoms. The van der Waals surface area contributed by atoms with E-state index in [9.17, 15) is 9.59 Å². The molecule has 2 aromatic rings. The Kier molecular flexibility index (Phi) is 6.60. The van der Waals surface area contributed by atoms with E-state index in [1.165, 1.54) is 13.2 Å². The molecule has 0 saturated carbocycles. The zero-order chi connectivity index (χ0) is 19.1. The minimum atomic E-state index is -0.609. The Morgan fingerprint density at radius 2 is 1.81 bits per heavy atom. The Hall–Kier alpha value is -3.02. The van der Waals surface area contributed by atoms with Crippen molar-refractivity contribution < 1.29 is 23.8 Å². The van der Waals surface area contributed by atoms with Crippen LogP contribution in [-0.2, 0) is 9.53 Å². The summed E-state index contributed by atoms with van der Waals surface area (Å²) in [5, 5.41) is 2.73. The molecule has 1 N–H and O–H groups in total. The molecule has 0 aliphatic carbocycles. The van der Waals surface area contributed by atoms with Crippen LogP contribution in [0, 0.1) is 13.8 Å². The van der Waals surface area contributed by atoms with E-state index in [4.69, 9.17) is 14.2 Å². The van der Waals surface area contributed by atoms with Crippen molar-refractivity contribution in [2.24, 2.45) is 0 Å². The minimum Gasteiger partial charge on any atom is -0.493 e. The number of methoxy groups -OCH3 is 1. The van der Waals surface area contributed by atoms with Crippen LogP contribution < -0.4 is 14.8 Å². The highest BCUT2D eigenvalue weighted by Crippen LogP contribution is 2.28. The molecule has 0 aromatic heterocycles. The van der Waals surface area contributed by atoms with Crippen LogP contribution in [0.15, 0.2) is 36.4 Å². The van der Waals surface area contributed by atoms with Crippen molar-refractivity contribution in [1.82, 2.24) is 0 Å². The monoisotopic (exact) mass is 357 g/mol. The summed E-state index contributed by atoms with van der Waals surface area (Å²) in [5.74, 6) is -0.0366. The van der Waals surface area contributed by atoms with E-state index < -0.39 is 11.9 Å². The average molecular weight is 357 g/mol. The molecule has 0 unspecified atom stereocenters. The van der Waals surface area contributed by atoms with E-state index in [0.717, 1.165) is 11.1 Å². The maximum atomic E-state index is 12.2. The highest BCUT2D eigenvalue weighted by molar-refractivity contribution is 5.96. The third kappa shape index (κ3) is 4.99. The molecule has 6 nitrogen and oxygen atoms in total. The van der Waals surface area contributed by atoms with Crippen LogP contribution in [-0.4, -0.2) is 32.2 Å². The molecule has 0 radical (unpaired) electrons. The topological polar surface area (TPSA) is 73.9 Å². The van der Waals surface area contributed by atoms with Crippen LogP contribution >= 0.6 is 0 Å². The number of esters is 1. The van der Waals surface area contributed by atoms with E-state index in [0.29, 0.717) is 23.8 Å². The van der Waals surface area contributed by atoms with Gasteiger partial charge in [0.1, 0.15) is 0 Å². The van der Waals surface area contributed by atoms with Crippen LogP contribution in [0.4, 0.5) is 5.69 Å². The molecule has 0 saturated heterocycles. The molecule has 0 bridgehead atoms. The van der Waals surface area contributed by atoms with Gasteiger partial charge in [-0.25, -0.2) is 4.79 Å². The molecule has 2 aromatic carbocycles. The molecule has 26 heavy (non-hydrogen) atoms. The zero-order valence-electron chi connectivity index (χ0n) is 15.4.